The van der Waals surface area contributed by atoms with Gasteiger partial charge in [-0.3, -0.25) is 4.79 Å². The summed E-state index contributed by atoms with van der Waals surface area (Å²) in [5.41, 5.74) is 3.00. The van der Waals surface area contributed by atoms with E-state index in [1.807, 2.05) is 56.3 Å². The molecule has 1 heterocycles. The second-order valence-corrected chi connectivity index (χ2v) is 7.75. The second kappa shape index (κ2) is 8.26. The second-order valence-electron chi connectivity index (χ2n) is 7.75. The largest absolute Gasteiger partial charge is 0.487 e. The fourth-order valence-corrected chi connectivity index (χ4v) is 3.81. The van der Waals surface area contributed by atoms with Crippen LogP contribution in [0.15, 0.2) is 42.5 Å². The van der Waals surface area contributed by atoms with E-state index >= 15 is 0 Å². The van der Waals surface area contributed by atoms with E-state index in [1.165, 1.54) is 0 Å². The molecular formula is C24H31NO3. The van der Waals surface area contributed by atoms with Gasteiger partial charge in [0.2, 0.25) is 0 Å². The molecule has 4 heteroatoms. The van der Waals surface area contributed by atoms with Crippen molar-refractivity contribution in [2.45, 2.75) is 71.6 Å². The summed E-state index contributed by atoms with van der Waals surface area (Å²) in [7, 11) is 0. The Balaban J connectivity index is 1.77. The van der Waals surface area contributed by atoms with Gasteiger partial charge in [0.25, 0.3) is 5.91 Å². The van der Waals surface area contributed by atoms with Gasteiger partial charge in [0.05, 0.1) is 6.04 Å². The van der Waals surface area contributed by atoms with E-state index in [4.69, 9.17) is 9.47 Å². The van der Waals surface area contributed by atoms with Crippen molar-refractivity contribution in [1.82, 2.24) is 5.32 Å². The maximum absolute atomic E-state index is 12.9. The molecule has 0 spiro atoms. The zero-order valence-corrected chi connectivity index (χ0v) is 17.5. The lowest BCUT2D eigenvalue weighted by atomic mass is 9.83. The number of carbonyl (C=O) groups excluding carboxylic acids is 1. The number of ether oxygens (including phenoxy) is 2. The maximum Gasteiger partial charge on any atom is 0.261 e. The lowest BCUT2D eigenvalue weighted by Gasteiger charge is -2.41. The normalized spacial score (nSPS) is 18.5. The van der Waals surface area contributed by atoms with E-state index in [-0.39, 0.29) is 17.6 Å². The summed E-state index contributed by atoms with van der Waals surface area (Å²) in [4.78, 5) is 12.9. The number of fused-ring (bicyclic) bond motifs is 1. The first kappa shape index (κ1) is 20.2. The third kappa shape index (κ3) is 4.01. The van der Waals surface area contributed by atoms with Gasteiger partial charge in [-0.05, 0) is 56.9 Å². The van der Waals surface area contributed by atoms with Gasteiger partial charge >= 0.3 is 0 Å². The zero-order valence-electron chi connectivity index (χ0n) is 17.5. The lowest BCUT2D eigenvalue weighted by molar-refractivity contribution is -0.128. The highest BCUT2D eigenvalue weighted by Crippen LogP contribution is 2.42. The van der Waals surface area contributed by atoms with Gasteiger partial charge in [0.15, 0.2) is 6.10 Å². The Hall–Kier alpha value is -2.49. The van der Waals surface area contributed by atoms with Gasteiger partial charge in [-0.1, -0.05) is 44.2 Å². The quantitative estimate of drug-likeness (QED) is 0.741. The molecule has 2 atom stereocenters. The Morgan fingerprint density at radius 3 is 2.61 bits per heavy atom. The first-order valence-corrected chi connectivity index (χ1v) is 10.2. The Labute approximate surface area is 168 Å². The van der Waals surface area contributed by atoms with E-state index in [0.717, 1.165) is 47.5 Å². The molecule has 0 radical (unpaired) electrons. The van der Waals surface area contributed by atoms with Gasteiger partial charge in [0.1, 0.15) is 17.1 Å². The molecule has 0 unspecified atom stereocenters. The molecule has 1 aliphatic heterocycles. The third-order valence-corrected chi connectivity index (χ3v) is 6.03. The summed E-state index contributed by atoms with van der Waals surface area (Å²) in [6, 6.07) is 13.8. The molecule has 0 bridgehead atoms. The summed E-state index contributed by atoms with van der Waals surface area (Å²) in [5.74, 6) is 1.51. The fourth-order valence-electron chi connectivity index (χ4n) is 3.81. The van der Waals surface area contributed by atoms with Crippen molar-refractivity contribution in [3.8, 4) is 11.5 Å². The SMILES string of the molecule is CCC1(CC)C[C@@H](NC(=O)[C@@H](C)Oc2cccc(C)c2C)c2ccccc2O1. The first-order chi connectivity index (χ1) is 13.4. The van der Waals surface area contributed by atoms with Crippen LogP contribution in [-0.4, -0.2) is 17.6 Å². The summed E-state index contributed by atoms with van der Waals surface area (Å²) in [6.07, 6.45) is 1.99. The first-order valence-electron chi connectivity index (χ1n) is 10.2. The van der Waals surface area contributed by atoms with Crippen molar-refractivity contribution < 1.29 is 14.3 Å². The maximum atomic E-state index is 12.9. The highest BCUT2D eigenvalue weighted by Gasteiger charge is 2.39. The number of para-hydroxylation sites is 1. The van der Waals surface area contributed by atoms with Crippen LogP contribution in [0.25, 0.3) is 0 Å². The molecule has 28 heavy (non-hydrogen) atoms. The molecule has 0 saturated carbocycles. The molecule has 4 nitrogen and oxygen atoms in total. The van der Waals surface area contributed by atoms with Crippen molar-refractivity contribution in [3.63, 3.8) is 0 Å². The Morgan fingerprint density at radius 2 is 1.89 bits per heavy atom. The standard InChI is InChI=1S/C24H31NO3/c1-6-24(7-2)15-20(19-12-8-9-13-22(19)28-24)25-23(26)18(5)27-21-14-10-11-16(3)17(21)4/h8-14,18,20H,6-7,15H2,1-5H3,(H,25,26)/t18-,20-/m1/s1. The smallest absolute Gasteiger partial charge is 0.261 e. The lowest BCUT2D eigenvalue weighted by Crippen LogP contribution is -2.47. The Morgan fingerprint density at radius 1 is 1.18 bits per heavy atom. The predicted molar refractivity (Wildman–Crippen MR) is 112 cm³/mol. The number of hydrogen-bond donors (Lipinski definition) is 1. The Bertz CT molecular complexity index is 841. The number of amides is 1. The summed E-state index contributed by atoms with van der Waals surface area (Å²) in [5, 5.41) is 3.21. The molecule has 0 aromatic heterocycles. The number of aryl methyl sites for hydroxylation is 1. The van der Waals surface area contributed by atoms with Gasteiger partial charge in [-0.15, -0.1) is 0 Å². The minimum Gasteiger partial charge on any atom is -0.487 e. The van der Waals surface area contributed by atoms with Crippen LogP contribution in [-0.2, 0) is 4.79 Å². The van der Waals surface area contributed by atoms with E-state index in [1.54, 1.807) is 6.92 Å². The zero-order chi connectivity index (χ0) is 20.3. The summed E-state index contributed by atoms with van der Waals surface area (Å²) >= 11 is 0. The highest BCUT2D eigenvalue weighted by atomic mass is 16.5. The van der Waals surface area contributed by atoms with Crippen LogP contribution in [0, 0.1) is 13.8 Å². The predicted octanol–water partition coefficient (Wildman–Crippen LogP) is 5.27. The minimum atomic E-state index is -0.576. The van der Waals surface area contributed by atoms with Crippen LogP contribution in [0.1, 0.15) is 62.8 Å². The van der Waals surface area contributed by atoms with Crippen LogP contribution in [0.4, 0.5) is 0 Å². The van der Waals surface area contributed by atoms with Crippen LogP contribution in [0.2, 0.25) is 0 Å². The molecule has 2 aromatic rings. The van der Waals surface area contributed by atoms with Crippen molar-refractivity contribution in [2.24, 2.45) is 0 Å². The molecule has 3 rings (SSSR count). The van der Waals surface area contributed by atoms with E-state index in [2.05, 4.69) is 19.2 Å². The third-order valence-electron chi connectivity index (χ3n) is 6.03. The van der Waals surface area contributed by atoms with E-state index in [0.29, 0.717) is 0 Å². The van der Waals surface area contributed by atoms with Crippen LogP contribution >= 0.6 is 0 Å². The fraction of sp³-hybridized carbons (Fsp3) is 0.458. The number of carbonyl (C=O) groups is 1. The number of benzene rings is 2. The molecule has 2 aromatic carbocycles. The topological polar surface area (TPSA) is 47.6 Å². The van der Waals surface area contributed by atoms with Crippen LogP contribution in [0.5, 0.6) is 11.5 Å². The van der Waals surface area contributed by atoms with Gasteiger partial charge < -0.3 is 14.8 Å². The van der Waals surface area contributed by atoms with Gasteiger partial charge in [-0.2, -0.15) is 0 Å². The van der Waals surface area contributed by atoms with Crippen molar-refractivity contribution in [3.05, 3.63) is 59.2 Å². The molecule has 0 saturated heterocycles. The van der Waals surface area contributed by atoms with Crippen LogP contribution in [0.3, 0.4) is 0 Å². The van der Waals surface area contributed by atoms with E-state index < -0.39 is 6.10 Å². The Kier molecular flexibility index (Phi) is 5.97. The number of hydrogen-bond acceptors (Lipinski definition) is 3. The molecule has 0 fully saturated rings. The van der Waals surface area contributed by atoms with Gasteiger partial charge in [0, 0.05) is 12.0 Å². The monoisotopic (exact) mass is 381 g/mol. The molecule has 1 amide bonds. The molecule has 1 aliphatic rings. The van der Waals surface area contributed by atoms with Crippen molar-refractivity contribution >= 4 is 5.91 Å². The summed E-state index contributed by atoms with van der Waals surface area (Å²) in [6.45, 7) is 10.1. The van der Waals surface area contributed by atoms with Crippen molar-refractivity contribution in [2.75, 3.05) is 0 Å². The average Bonchev–Trinajstić information content (AvgIpc) is 2.71. The molecule has 1 N–H and O–H groups in total. The van der Waals surface area contributed by atoms with Crippen LogP contribution < -0.4 is 14.8 Å². The minimum absolute atomic E-state index is 0.0815. The average molecular weight is 382 g/mol. The van der Waals surface area contributed by atoms with Crippen molar-refractivity contribution in [1.29, 1.82) is 0 Å². The molecular weight excluding hydrogens is 350 g/mol. The molecule has 150 valence electrons. The molecule has 0 aliphatic carbocycles. The number of nitrogens with one attached hydrogen (secondary N) is 1. The summed E-state index contributed by atoms with van der Waals surface area (Å²) < 4.78 is 12.3. The number of rotatable bonds is 6. The highest BCUT2D eigenvalue weighted by molar-refractivity contribution is 5.81. The van der Waals surface area contributed by atoms with Gasteiger partial charge in [-0.25, -0.2) is 0 Å². The van der Waals surface area contributed by atoms with E-state index in [9.17, 15) is 4.79 Å².